The van der Waals surface area contributed by atoms with Crippen LogP contribution in [-0.4, -0.2) is 14.5 Å². The predicted octanol–water partition coefficient (Wildman–Crippen LogP) is 2.44. The van der Waals surface area contributed by atoms with Crippen LogP contribution in [-0.2, 0) is 10.0 Å². The van der Waals surface area contributed by atoms with Crippen LogP contribution in [0.4, 0.5) is 0 Å². The molecule has 0 aromatic heterocycles. The number of rotatable bonds is 3. The van der Waals surface area contributed by atoms with E-state index < -0.39 is 10.0 Å². The molecule has 0 amide bonds. The third-order valence-electron chi connectivity index (χ3n) is 1.83. The molecule has 5 heteroatoms. The highest BCUT2D eigenvalue weighted by Crippen LogP contribution is 2.20. The Bertz CT molecular complexity index is 454. The van der Waals surface area contributed by atoms with E-state index >= 15 is 0 Å². The largest absolute Gasteiger partial charge is 0.241 e. The zero-order chi connectivity index (χ0) is 11.6. The summed E-state index contributed by atoms with van der Waals surface area (Å²) in [5, 5.41) is 0. The first-order chi connectivity index (χ1) is 6.83. The van der Waals surface area contributed by atoms with Crippen molar-refractivity contribution in [1.29, 1.82) is 0 Å². The molecule has 1 aromatic carbocycles. The molecule has 0 saturated heterocycles. The van der Waals surface area contributed by atoms with Crippen molar-refractivity contribution >= 4 is 26.0 Å². The van der Waals surface area contributed by atoms with Crippen molar-refractivity contribution in [3.05, 3.63) is 28.2 Å². The van der Waals surface area contributed by atoms with Crippen LogP contribution < -0.4 is 4.72 Å². The lowest BCUT2D eigenvalue weighted by molar-refractivity contribution is 0.569. The Morgan fingerprint density at radius 2 is 1.93 bits per heavy atom. The van der Waals surface area contributed by atoms with E-state index in [1.54, 1.807) is 32.9 Å². The van der Waals surface area contributed by atoms with Gasteiger partial charge in [-0.3, -0.25) is 0 Å². The second-order valence-corrected chi connectivity index (χ2v) is 6.28. The molecular weight excluding hydrogens is 278 g/mol. The minimum Gasteiger partial charge on any atom is -0.209 e. The summed E-state index contributed by atoms with van der Waals surface area (Å²) in [4.78, 5) is 0.325. The summed E-state index contributed by atoms with van der Waals surface area (Å²) >= 11 is 3.26. The molecule has 0 saturated carbocycles. The first-order valence-corrected chi connectivity index (χ1v) is 6.89. The molecule has 0 unspecified atom stereocenters. The van der Waals surface area contributed by atoms with Crippen LogP contribution in [0.15, 0.2) is 27.6 Å². The van der Waals surface area contributed by atoms with Crippen molar-refractivity contribution in [1.82, 2.24) is 4.72 Å². The Morgan fingerprint density at radius 1 is 1.33 bits per heavy atom. The van der Waals surface area contributed by atoms with Gasteiger partial charge in [0.05, 0.1) is 4.90 Å². The van der Waals surface area contributed by atoms with E-state index in [-0.39, 0.29) is 6.04 Å². The summed E-state index contributed by atoms with van der Waals surface area (Å²) in [6.45, 7) is 5.37. The number of hydrogen-bond donors (Lipinski definition) is 1. The highest BCUT2D eigenvalue weighted by atomic mass is 79.9. The van der Waals surface area contributed by atoms with E-state index in [0.29, 0.717) is 4.90 Å². The summed E-state index contributed by atoms with van der Waals surface area (Å²) in [7, 11) is -3.39. The summed E-state index contributed by atoms with van der Waals surface area (Å²) in [6.07, 6.45) is 0. The molecular formula is C10H14BrNO2S. The minimum absolute atomic E-state index is 0.103. The lowest BCUT2D eigenvalue weighted by Gasteiger charge is -2.11. The minimum atomic E-state index is -3.39. The molecule has 0 radical (unpaired) electrons. The van der Waals surface area contributed by atoms with Crippen molar-refractivity contribution in [3.63, 3.8) is 0 Å². The third kappa shape index (κ3) is 3.29. The van der Waals surface area contributed by atoms with Gasteiger partial charge in [-0.05, 0) is 38.5 Å². The Kier molecular flexibility index (Phi) is 3.92. The zero-order valence-electron chi connectivity index (χ0n) is 8.91. The molecule has 0 fully saturated rings. The quantitative estimate of drug-likeness (QED) is 0.930. The van der Waals surface area contributed by atoms with Gasteiger partial charge in [0.2, 0.25) is 10.0 Å². The van der Waals surface area contributed by atoms with E-state index in [1.807, 2.05) is 6.07 Å². The highest BCUT2D eigenvalue weighted by Gasteiger charge is 2.17. The number of aryl methyl sites for hydroxylation is 1. The van der Waals surface area contributed by atoms with Gasteiger partial charge in [-0.1, -0.05) is 22.0 Å². The topological polar surface area (TPSA) is 46.2 Å². The zero-order valence-corrected chi connectivity index (χ0v) is 11.3. The Morgan fingerprint density at radius 3 is 2.47 bits per heavy atom. The smallest absolute Gasteiger partial charge is 0.209 e. The molecule has 15 heavy (non-hydrogen) atoms. The van der Waals surface area contributed by atoms with E-state index in [1.165, 1.54) is 0 Å². The van der Waals surface area contributed by atoms with Crippen molar-refractivity contribution in [2.45, 2.75) is 31.7 Å². The van der Waals surface area contributed by atoms with Crippen LogP contribution in [0.25, 0.3) is 0 Å². The molecule has 0 spiro atoms. The van der Waals surface area contributed by atoms with Crippen molar-refractivity contribution < 1.29 is 8.42 Å². The van der Waals surface area contributed by atoms with E-state index in [0.717, 1.165) is 10.0 Å². The van der Waals surface area contributed by atoms with Crippen molar-refractivity contribution in [3.8, 4) is 0 Å². The SMILES string of the molecule is Cc1ccc(Br)cc1S(=O)(=O)NC(C)C. The summed E-state index contributed by atoms with van der Waals surface area (Å²) in [5.41, 5.74) is 0.742. The summed E-state index contributed by atoms with van der Waals surface area (Å²) < 4.78 is 27.1. The lowest BCUT2D eigenvalue weighted by Crippen LogP contribution is -2.30. The monoisotopic (exact) mass is 291 g/mol. The van der Waals surface area contributed by atoms with Gasteiger partial charge >= 0.3 is 0 Å². The van der Waals surface area contributed by atoms with Crippen LogP contribution in [0.3, 0.4) is 0 Å². The highest BCUT2D eigenvalue weighted by molar-refractivity contribution is 9.10. The second-order valence-electron chi connectivity index (χ2n) is 3.69. The standard InChI is InChI=1S/C10H14BrNO2S/c1-7(2)12-15(13,14)10-6-9(11)5-4-8(10)3/h4-7,12H,1-3H3. The maximum atomic E-state index is 11.9. The van der Waals surface area contributed by atoms with Gasteiger partial charge in [-0.25, -0.2) is 13.1 Å². The first kappa shape index (κ1) is 12.7. The fourth-order valence-corrected chi connectivity index (χ4v) is 3.27. The maximum absolute atomic E-state index is 11.9. The van der Waals surface area contributed by atoms with E-state index in [4.69, 9.17) is 0 Å². The molecule has 0 aliphatic rings. The normalized spacial score (nSPS) is 12.1. The van der Waals surface area contributed by atoms with Crippen LogP contribution in [0.2, 0.25) is 0 Å². The number of benzene rings is 1. The first-order valence-electron chi connectivity index (χ1n) is 4.61. The van der Waals surface area contributed by atoms with Crippen LogP contribution in [0, 0.1) is 6.92 Å². The Labute approximate surface area is 99.1 Å². The average Bonchev–Trinajstić information content (AvgIpc) is 2.06. The Hall–Kier alpha value is -0.390. The van der Waals surface area contributed by atoms with E-state index in [9.17, 15) is 8.42 Å². The second kappa shape index (κ2) is 4.63. The van der Waals surface area contributed by atoms with Crippen molar-refractivity contribution in [2.75, 3.05) is 0 Å². The number of nitrogens with one attached hydrogen (secondary N) is 1. The molecule has 0 atom stereocenters. The number of hydrogen-bond acceptors (Lipinski definition) is 2. The number of halogens is 1. The van der Waals surface area contributed by atoms with Gasteiger partial charge in [0, 0.05) is 10.5 Å². The van der Waals surface area contributed by atoms with Crippen LogP contribution in [0.5, 0.6) is 0 Å². The van der Waals surface area contributed by atoms with Gasteiger partial charge in [0.25, 0.3) is 0 Å². The van der Waals surface area contributed by atoms with Crippen LogP contribution in [0.1, 0.15) is 19.4 Å². The van der Waals surface area contributed by atoms with Gasteiger partial charge in [0.15, 0.2) is 0 Å². The van der Waals surface area contributed by atoms with Crippen molar-refractivity contribution in [2.24, 2.45) is 0 Å². The van der Waals surface area contributed by atoms with Gasteiger partial charge in [0.1, 0.15) is 0 Å². The van der Waals surface area contributed by atoms with Gasteiger partial charge in [-0.2, -0.15) is 0 Å². The molecule has 1 rings (SSSR count). The lowest BCUT2D eigenvalue weighted by atomic mass is 10.2. The average molecular weight is 292 g/mol. The molecule has 84 valence electrons. The predicted molar refractivity (Wildman–Crippen MR) is 64.3 cm³/mol. The molecule has 1 N–H and O–H groups in total. The molecule has 0 heterocycles. The molecule has 3 nitrogen and oxygen atoms in total. The van der Waals surface area contributed by atoms with E-state index in [2.05, 4.69) is 20.7 Å². The fraction of sp³-hybridized carbons (Fsp3) is 0.400. The fourth-order valence-electron chi connectivity index (χ4n) is 1.24. The molecule has 0 bridgehead atoms. The summed E-state index contributed by atoms with van der Waals surface area (Å²) in [5.74, 6) is 0. The van der Waals surface area contributed by atoms with Crippen LogP contribution >= 0.6 is 15.9 Å². The molecule has 1 aromatic rings. The third-order valence-corrected chi connectivity index (χ3v) is 4.12. The molecule has 0 aliphatic carbocycles. The molecule has 0 aliphatic heterocycles. The Balaban J connectivity index is 3.21. The summed E-state index contributed by atoms with van der Waals surface area (Å²) in [6, 6.07) is 5.11. The number of sulfonamides is 1. The van der Waals surface area contributed by atoms with Gasteiger partial charge < -0.3 is 0 Å². The van der Waals surface area contributed by atoms with Gasteiger partial charge in [-0.15, -0.1) is 0 Å². The maximum Gasteiger partial charge on any atom is 0.241 e.